The van der Waals surface area contributed by atoms with Gasteiger partial charge in [0.15, 0.2) is 0 Å². The highest BCUT2D eigenvalue weighted by Crippen LogP contribution is 2.47. The largest absolute Gasteiger partial charge is 0.478 e. The van der Waals surface area contributed by atoms with Gasteiger partial charge in [-0.15, -0.1) is 0 Å². The van der Waals surface area contributed by atoms with Crippen LogP contribution in [0, 0.1) is 5.92 Å². The Kier molecular flexibility index (Phi) is 6.27. The number of carboxylic acid groups (broad SMARTS) is 1. The van der Waals surface area contributed by atoms with E-state index in [0.29, 0.717) is 16.0 Å². The highest BCUT2D eigenvalue weighted by atomic mass is 35.5. The number of hydrogen-bond acceptors (Lipinski definition) is 2. The molecule has 1 fully saturated rings. The molecular weight excluding hydrogens is 467 g/mol. The monoisotopic (exact) mass is 488 g/mol. The van der Waals surface area contributed by atoms with E-state index < -0.39 is 5.97 Å². The Hall–Kier alpha value is -3.34. The lowest BCUT2D eigenvalue weighted by atomic mass is 9.73. The van der Waals surface area contributed by atoms with Gasteiger partial charge < -0.3 is 9.51 Å². The number of aliphatic carboxylic acids is 1. The average molecular weight is 489 g/mol. The van der Waals surface area contributed by atoms with Gasteiger partial charge in [-0.2, -0.15) is 0 Å². The van der Waals surface area contributed by atoms with E-state index in [2.05, 4.69) is 17.2 Å². The van der Waals surface area contributed by atoms with E-state index in [4.69, 9.17) is 28.3 Å². The molecule has 0 saturated heterocycles. The SMILES string of the molecule is O=C(O)C=Cc1ccc(C(=C(c2ccc(Cl)cc2Cl)C2CCC2)c2ccc3nccn3c2)cc1. The molecule has 5 rings (SSSR count). The summed E-state index contributed by atoms with van der Waals surface area (Å²) in [7, 11) is 0. The topological polar surface area (TPSA) is 54.6 Å². The summed E-state index contributed by atoms with van der Waals surface area (Å²) in [6.07, 6.45) is 11.9. The van der Waals surface area contributed by atoms with E-state index in [0.717, 1.165) is 52.4 Å². The summed E-state index contributed by atoms with van der Waals surface area (Å²) in [5.41, 5.74) is 7.12. The fraction of sp³-hybridized carbons (Fsp3) is 0.143. The van der Waals surface area contributed by atoms with E-state index in [1.165, 1.54) is 12.0 Å². The molecule has 0 atom stereocenters. The number of carbonyl (C=O) groups is 1. The Morgan fingerprint density at radius 2 is 1.79 bits per heavy atom. The van der Waals surface area contributed by atoms with Crippen molar-refractivity contribution in [3.63, 3.8) is 0 Å². The number of pyridine rings is 1. The molecule has 0 amide bonds. The quantitative estimate of drug-likeness (QED) is 0.225. The van der Waals surface area contributed by atoms with Gasteiger partial charge in [-0.25, -0.2) is 9.78 Å². The van der Waals surface area contributed by atoms with Crippen LogP contribution in [-0.2, 0) is 4.79 Å². The number of carboxylic acids is 1. The van der Waals surface area contributed by atoms with Crippen LogP contribution in [0.15, 0.2) is 79.3 Å². The molecule has 1 aliphatic rings. The summed E-state index contributed by atoms with van der Waals surface area (Å²) in [6.45, 7) is 0. The summed E-state index contributed by atoms with van der Waals surface area (Å²) in [6, 6.07) is 17.8. The molecule has 4 aromatic rings. The molecule has 1 saturated carbocycles. The van der Waals surface area contributed by atoms with Crippen molar-refractivity contribution in [3.8, 4) is 0 Å². The molecule has 0 bridgehead atoms. The molecule has 0 radical (unpaired) electrons. The highest BCUT2D eigenvalue weighted by molar-refractivity contribution is 6.36. The minimum absolute atomic E-state index is 0.388. The van der Waals surface area contributed by atoms with Crippen LogP contribution < -0.4 is 0 Å². The first-order valence-corrected chi connectivity index (χ1v) is 11.9. The molecule has 0 spiro atoms. The standard InChI is InChI=1S/C28H22Cl2N2O2/c29-22-10-11-23(24(30)16-22)28(19-2-1-3-19)27(21-9-12-25-31-14-15-32(25)17-21)20-7-4-18(5-8-20)6-13-26(33)34/h4-17,19H,1-3H2,(H,33,34). The van der Waals surface area contributed by atoms with Gasteiger partial charge in [-0.05, 0) is 82.5 Å². The van der Waals surface area contributed by atoms with Crippen molar-refractivity contribution in [1.82, 2.24) is 9.38 Å². The predicted molar refractivity (Wildman–Crippen MR) is 138 cm³/mol. The molecule has 34 heavy (non-hydrogen) atoms. The lowest BCUT2D eigenvalue weighted by Gasteiger charge is -2.32. The van der Waals surface area contributed by atoms with Gasteiger partial charge in [-0.3, -0.25) is 0 Å². The van der Waals surface area contributed by atoms with Crippen LogP contribution in [-0.4, -0.2) is 20.5 Å². The summed E-state index contributed by atoms with van der Waals surface area (Å²) in [5, 5.41) is 10.2. The van der Waals surface area contributed by atoms with Crippen molar-refractivity contribution in [2.45, 2.75) is 19.3 Å². The van der Waals surface area contributed by atoms with E-state index in [1.807, 2.05) is 53.1 Å². The van der Waals surface area contributed by atoms with Gasteiger partial charge >= 0.3 is 5.97 Å². The fourth-order valence-electron chi connectivity index (χ4n) is 4.44. The molecule has 0 aliphatic heterocycles. The Bertz CT molecular complexity index is 1430. The van der Waals surface area contributed by atoms with E-state index in [9.17, 15) is 4.79 Å². The first-order valence-electron chi connectivity index (χ1n) is 11.1. The van der Waals surface area contributed by atoms with Gasteiger partial charge in [0.1, 0.15) is 5.65 Å². The zero-order valence-corrected chi connectivity index (χ0v) is 19.8. The molecule has 170 valence electrons. The van der Waals surface area contributed by atoms with Crippen LogP contribution in [0.25, 0.3) is 22.9 Å². The molecule has 0 unspecified atom stereocenters. The maximum absolute atomic E-state index is 10.9. The predicted octanol–water partition coefficient (Wildman–Crippen LogP) is 7.50. The van der Waals surface area contributed by atoms with Gasteiger partial charge in [0, 0.05) is 34.7 Å². The van der Waals surface area contributed by atoms with Gasteiger partial charge in [0.2, 0.25) is 0 Å². The first-order chi connectivity index (χ1) is 16.5. The van der Waals surface area contributed by atoms with Gasteiger partial charge in [0.05, 0.1) is 0 Å². The minimum atomic E-state index is -0.969. The molecule has 4 nitrogen and oxygen atoms in total. The number of imidazole rings is 1. The number of allylic oxidation sites excluding steroid dienone is 1. The Labute approximate surface area is 207 Å². The normalized spacial score (nSPS) is 14.9. The van der Waals surface area contributed by atoms with E-state index in [1.54, 1.807) is 18.3 Å². The summed E-state index contributed by atoms with van der Waals surface area (Å²) in [4.78, 5) is 15.3. The molecule has 2 aromatic carbocycles. The minimum Gasteiger partial charge on any atom is -0.478 e. The number of aromatic nitrogens is 2. The summed E-state index contributed by atoms with van der Waals surface area (Å²) in [5.74, 6) is -0.582. The molecule has 6 heteroatoms. The third-order valence-electron chi connectivity index (χ3n) is 6.30. The zero-order chi connectivity index (χ0) is 23.7. The van der Waals surface area contributed by atoms with Crippen molar-refractivity contribution in [2.24, 2.45) is 5.92 Å². The van der Waals surface area contributed by atoms with Gasteiger partial charge in [0.25, 0.3) is 0 Å². The Morgan fingerprint density at radius 3 is 2.47 bits per heavy atom. The smallest absolute Gasteiger partial charge is 0.328 e. The van der Waals surface area contributed by atoms with Crippen LogP contribution >= 0.6 is 23.2 Å². The first kappa shape index (κ1) is 22.5. The van der Waals surface area contributed by atoms with Crippen molar-refractivity contribution < 1.29 is 9.90 Å². The van der Waals surface area contributed by atoms with E-state index in [-0.39, 0.29) is 0 Å². The third kappa shape index (κ3) is 4.52. The van der Waals surface area contributed by atoms with Crippen LogP contribution in [0.1, 0.15) is 41.5 Å². The second-order valence-electron chi connectivity index (χ2n) is 8.44. The van der Waals surface area contributed by atoms with Gasteiger partial charge in [-0.1, -0.05) is 60.0 Å². The van der Waals surface area contributed by atoms with Crippen LogP contribution in [0.3, 0.4) is 0 Å². The van der Waals surface area contributed by atoms with Crippen molar-refractivity contribution in [1.29, 1.82) is 0 Å². The average Bonchev–Trinajstić information content (AvgIpc) is 3.25. The molecule has 2 aromatic heterocycles. The number of benzene rings is 2. The maximum Gasteiger partial charge on any atom is 0.328 e. The van der Waals surface area contributed by atoms with E-state index >= 15 is 0 Å². The second kappa shape index (κ2) is 9.49. The van der Waals surface area contributed by atoms with Crippen LogP contribution in [0.4, 0.5) is 0 Å². The van der Waals surface area contributed by atoms with Crippen molar-refractivity contribution >= 4 is 52.0 Å². The van der Waals surface area contributed by atoms with Crippen LogP contribution in [0.5, 0.6) is 0 Å². The number of fused-ring (bicyclic) bond motifs is 1. The van der Waals surface area contributed by atoms with Crippen LogP contribution in [0.2, 0.25) is 10.0 Å². The molecule has 1 aliphatic carbocycles. The van der Waals surface area contributed by atoms with Crippen molar-refractivity contribution in [2.75, 3.05) is 0 Å². The number of hydrogen-bond donors (Lipinski definition) is 1. The Balaban J connectivity index is 1.75. The number of halogens is 2. The molecule has 1 N–H and O–H groups in total. The summed E-state index contributed by atoms with van der Waals surface area (Å²) < 4.78 is 2.02. The number of rotatable bonds is 6. The Morgan fingerprint density at radius 1 is 1.03 bits per heavy atom. The molecule has 2 heterocycles. The number of nitrogens with zero attached hydrogens (tertiary/aromatic N) is 2. The highest BCUT2D eigenvalue weighted by Gasteiger charge is 2.28. The maximum atomic E-state index is 10.9. The lowest BCUT2D eigenvalue weighted by Crippen LogP contribution is -2.15. The zero-order valence-electron chi connectivity index (χ0n) is 18.3. The summed E-state index contributed by atoms with van der Waals surface area (Å²) >= 11 is 13.0. The third-order valence-corrected chi connectivity index (χ3v) is 6.85. The van der Waals surface area contributed by atoms with Crippen molar-refractivity contribution in [3.05, 3.63) is 112 Å². The lowest BCUT2D eigenvalue weighted by molar-refractivity contribution is -0.131. The fourth-order valence-corrected chi connectivity index (χ4v) is 4.95. The second-order valence-corrected chi connectivity index (χ2v) is 9.29. The molecular formula is C28H22Cl2N2O2.